The highest BCUT2D eigenvalue weighted by Gasteiger charge is 2.37. The van der Waals surface area contributed by atoms with E-state index in [1.165, 1.54) is 4.31 Å². The summed E-state index contributed by atoms with van der Waals surface area (Å²) in [6.07, 6.45) is -0.0721. The van der Waals surface area contributed by atoms with Crippen LogP contribution in [0.25, 0.3) is 0 Å². The molecule has 2 aromatic rings. The van der Waals surface area contributed by atoms with Gasteiger partial charge in [0.15, 0.2) is 6.10 Å². The number of nitrogens with zero attached hydrogens (tertiary/aromatic N) is 3. The summed E-state index contributed by atoms with van der Waals surface area (Å²) in [6.45, 7) is 5.59. The molecule has 2 aliphatic rings. The first kappa shape index (κ1) is 22.6. The summed E-state index contributed by atoms with van der Waals surface area (Å²) in [6, 6.07) is 15.2. The van der Waals surface area contributed by atoms with Gasteiger partial charge in [-0.25, -0.2) is 8.42 Å². The van der Waals surface area contributed by atoms with Crippen LogP contribution in [-0.4, -0.2) is 83.1 Å². The van der Waals surface area contributed by atoms with Crippen LogP contribution >= 0.6 is 0 Å². The van der Waals surface area contributed by atoms with Gasteiger partial charge >= 0.3 is 0 Å². The van der Waals surface area contributed by atoms with Gasteiger partial charge in [0.2, 0.25) is 0 Å². The van der Waals surface area contributed by atoms with Crippen molar-refractivity contribution in [2.45, 2.75) is 17.4 Å². The lowest BCUT2D eigenvalue weighted by molar-refractivity contribution is -0.127. The Hall–Kier alpha value is -2.62. The highest BCUT2D eigenvalue weighted by molar-refractivity contribution is 7.92. The predicted octanol–water partition coefficient (Wildman–Crippen LogP) is 1.40. The Morgan fingerprint density at radius 3 is 2.47 bits per heavy atom. The van der Waals surface area contributed by atoms with E-state index in [1.54, 1.807) is 54.6 Å². The first-order valence-corrected chi connectivity index (χ1v) is 12.4. The number of benzene rings is 2. The van der Waals surface area contributed by atoms with Crippen LogP contribution in [0.15, 0.2) is 59.5 Å². The molecule has 1 amide bonds. The maximum atomic E-state index is 13.3. The van der Waals surface area contributed by atoms with E-state index in [0.717, 1.165) is 39.1 Å². The molecule has 0 spiro atoms. The van der Waals surface area contributed by atoms with E-state index in [9.17, 15) is 13.2 Å². The van der Waals surface area contributed by atoms with Crippen LogP contribution in [-0.2, 0) is 14.8 Å². The largest absolute Gasteiger partial charge is 0.476 e. The van der Waals surface area contributed by atoms with Crippen molar-refractivity contribution >= 4 is 21.6 Å². The molecule has 4 rings (SSSR count). The summed E-state index contributed by atoms with van der Waals surface area (Å²) in [4.78, 5) is 17.7. The van der Waals surface area contributed by atoms with Gasteiger partial charge in [0.25, 0.3) is 15.9 Å². The maximum Gasteiger partial charge on any atom is 0.264 e. The monoisotopic (exact) mass is 458 g/mol. The molecule has 0 aliphatic carbocycles. The Morgan fingerprint density at radius 1 is 1.03 bits per heavy atom. The van der Waals surface area contributed by atoms with Crippen molar-refractivity contribution in [3.8, 4) is 5.75 Å². The summed E-state index contributed by atoms with van der Waals surface area (Å²) in [5.41, 5.74) is 0.440. The molecule has 1 fully saturated rings. The second-order valence-electron chi connectivity index (χ2n) is 8.21. The zero-order valence-electron chi connectivity index (χ0n) is 18.3. The third-order valence-corrected chi connectivity index (χ3v) is 7.70. The Bertz CT molecular complexity index is 1020. The van der Waals surface area contributed by atoms with Gasteiger partial charge in [-0.15, -0.1) is 0 Å². The van der Waals surface area contributed by atoms with E-state index in [0.29, 0.717) is 18.0 Å². The molecular weight excluding hydrogens is 428 g/mol. The lowest BCUT2D eigenvalue weighted by Gasteiger charge is -2.35. The summed E-state index contributed by atoms with van der Waals surface area (Å²) in [5, 5.41) is 2.92. The van der Waals surface area contributed by atoms with Crippen molar-refractivity contribution in [2.24, 2.45) is 0 Å². The van der Waals surface area contributed by atoms with Crippen molar-refractivity contribution in [1.82, 2.24) is 15.1 Å². The predicted molar refractivity (Wildman–Crippen MR) is 123 cm³/mol. The molecule has 2 aliphatic heterocycles. The molecule has 0 bridgehead atoms. The van der Waals surface area contributed by atoms with E-state index in [1.807, 2.05) is 0 Å². The molecule has 2 aromatic carbocycles. The van der Waals surface area contributed by atoms with E-state index >= 15 is 0 Å². The molecule has 1 N–H and O–H groups in total. The second kappa shape index (κ2) is 9.89. The molecule has 0 radical (unpaired) electrons. The minimum absolute atomic E-state index is 0.0709. The van der Waals surface area contributed by atoms with E-state index in [2.05, 4.69) is 22.2 Å². The Morgan fingerprint density at radius 2 is 1.72 bits per heavy atom. The SMILES string of the molecule is CN1CCN(CCCNC(=O)[C@@H]2CN(S(=O)(=O)c3ccccc3)c3ccccc3O2)CC1. The zero-order chi connectivity index (χ0) is 22.6. The lowest BCUT2D eigenvalue weighted by atomic mass is 10.2. The fourth-order valence-electron chi connectivity index (χ4n) is 3.99. The number of carbonyl (C=O) groups excluding carboxylic acids is 1. The number of fused-ring (bicyclic) bond motifs is 1. The molecule has 172 valence electrons. The molecule has 32 heavy (non-hydrogen) atoms. The highest BCUT2D eigenvalue weighted by Crippen LogP contribution is 2.36. The van der Waals surface area contributed by atoms with Crippen LogP contribution in [0, 0.1) is 0 Å². The fraction of sp³-hybridized carbons (Fsp3) is 0.435. The van der Waals surface area contributed by atoms with Crippen LogP contribution in [0.1, 0.15) is 6.42 Å². The minimum atomic E-state index is -3.82. The number of nitrogens with one attached hydrogen (secondary N) is 1. The molecule has 0 aromatic heterocycles. The summed E-state index contributed by atoms with van der Waals surface area (Å²) >= 11 is 0. The zero-order valence-corrected chi connectivity index (χ0v) is 19.1. The third-order valence-electron chi connectivity index (χ3n) is 5.90. The summed E-state index contributed by atoms with van der Waals surface area (Å²) in [7, 11) is -1.70. The normalized spacial score (nSPS) is 19.8. The second-order valence-corrected chi connectivity index (χ2v) is 10.1. The van der Waals surface area contributed by atoms with Crippen LogP contribution in [0.5, 0.6) is 5.75 Å². The Kier molecular flexibility index (Phi) is 6.98. The first-order valence-electron chi connectivity index (χ1n) is 11.0. The quantitative estimate of drug-likeness (QED) is 0.632. The topological polar surface area (TPSA) is 82.2 Å². The van der Waals surface area contributed by atoms with Crippen LogP contribution in [0.4, 0.5) is 5.69 Å². The van der Waals surface area contributed by atoms with Gasteiger partial charge in [0.1, 0.15) is 5.75 Å². The number of para-hydroxylation sites is 2. The number of hydrogen-bond acceptors (Lipinski definition) is 6. The Labute approximate surface area is 189 Å². The summed E-state index contributed by atoms with van der Waals surface area (Å²) < 4.78 is 33.8. The standard InChI is InChI=1S/C23H30N4O4S/c1-25-14-16-26(17-15-25)13-7-12-24-23(28)22-18-27(20-10-5-6-11-21(20)31-22)32(29,30)19-8-3-2-4-9-19/h2-6,8-11,22H,7,12-18H2,1H3,(H,24,28)/t22-/m0/s1. The number of piperazine rings is 1. The van der Waals surface area contributed by atoms with Crippen molar-refractivity contribution in [2.75, 3.05) is 57.2 Å². The Balaban J connectivity index is 1.40. The van der Waals surface area contributed by atoms with Gasteiger partial charge < -0.3 is 19.9 Å². The van der Waals surface area contributed by atoms with Crippen molar-refractivity contribution < 1.29 is 17.9 Å². The van der Waals surface area contributed by atoms with Gasteiger partial charge in [-0.3, -0.25) is 9.10 Å². The number of hydrogen-bond donors (Lipinski definition) is 1. The third kappa shape index (κ3) is 5.06. The molecule has 2 heterocycles. The average molecular weight is 459 g/mol. The van der Waals surface area contributed by atoms with Crippen molar-refractivity contribution in [1.29, 1.82) is 0 Å². The van der Waals surface area contributed by atoms with Gasteiger partial charge in [0.05, 0.1) is 17.1 Å². The number of amides is 1. The molecule has 1 atom stereocenters. The van der Waals surface area contributed by atoms with Crippen molar-refractivity contribution in [3.05, 3.63) is 54.6 Å². The van der Waals surface area contributed by atoms with Gasteiger partial charge in [-0.2, -0.15) is 0 Å². The smallest absolute Gasteiger partial charge is 0.264 e. The van der Waals surface area contributed by atoms with E-state index < -0.39 is 16.1 Å². The van der Waals surface area contributed by atoms with E-state index in [-0.39, 0.29) is 17.3 Å². The lowest BCUT2D eigenvalue weighted by Crippen LogP contribution is -2.51. The molecular formula is C23H30N4O4S. The summed E-state index contributed by atoms with van der Waals surface area (Å²) in [5.74, 6) is 0.0852. The number of rotatable bonds is 7. The minimum Gasteiger partial charge on any atom is -0.476 e. The number of carbonyl (C=O) groups is 1. The number of ether oxygens (including phenoxy) is 1. The van der Waals surface area contributed by atoms with Crippen LogP contribution in [0.2, 0.25) is 0 Å². The van der Waals surface area contributed by atoms with Crippen molar-refractivity contribution in [3.63, 3.8) is 0 Å². The van der Waals surface area contributed by atoms with Crippen LogP contribution in [0.3, 0.4) is 0 Å². The maximum absolute atomic E-state index is 13.3. The van der Waals surface area contributed by atoms with E-state index in [4.69, 9.17) is 4.74 Å². The number of likely N-dealkylation sites (N-methyl/N-ethyl adjacent to an activating group) is 1. The van der Waals surface area contributed by atoms with Crippen LogP contribution < -0.4 is 14.4 Å². The number of anilines is 1. The number of sulfonamides is 1. The molecule has 0 saturated carbocycles. The van der Waals surface area contributed by atoms with Gasteiger partial charge in [-0.1, -0.05) is 30.3 Å². The highest BCUT2D eigenvalue weighted by atomic mass is 32.2. The molecule has 0 unspecified atom stereocenters. The molecule has 9 heteroatoms. The van der Waals surface area contributed by atoms with Gasteiger partial charge in [-0.05, 0) is 44.3 Å². The molecule has 1 saturated heterocycles. The average Bonchev–Trinajstić information content (AvgIpc) is 2.82. The molecule has 8 nitrogen and oxygen atoms in total. The fourth-order valence-corrected chi connectivity index (χ4v) is 5.48. The van der Waals surface area contributed by atoms with Gasteiger partial charge in [0, 0.05) is 32.7 Å². The first-order chi connectivity index (χ1) is 15.4.